The molecular formula is C12H21BrO. The summed E-state index contributed by atoms with van der Waals surface area (Å²) in [6.45, 7) is 0. The van der Waals surface area contributed by atoms with Gasteiger partial charge in [0, 0.05) is 17.7 Å². The van der Waals surface area contributed by atoms with E-state index in [9.17, 15) is 4.79 Å². The van der Waals surface area contributed by atoms with E-state index in [-0.39, 0.29) is 0 Å². The van der Waals surface area contributed by atoms with Gasteiger partial charge in [0.2, 0.25) is 0 Å². The summed E-state index contributed by atoms with van der Waals surface area (Å²) >= 11 is 3.60. The third-order valence-electron chi connectivity index (χ3n) is 2.92. The van der Waals surface area contributed by atoms with E-state index >= 15 is 0 Å². The normalized spacial score (nSPS) is 27.8. The van der Waals surface area contributed by atoms with Gasteiger partial charge in [0.15, 0.2) is 0 Å². The van der Waals surface area contributed by atoms with Crippen LogP contribution in [0.15, 0.2) is 0 Å². The molecule has 1 fully saturated rings. The third-order valence-corrected chi connectivity index (χ3v) is 3.70. The molecule has 0 aromatic rings. The minimum atomic E-state index is 0.439. The Balaban J connectivity index is 2.26. The first-order valence-corrected chi connectivity index (χ1v) is 6.86. The largest absolute Gasteiger partial charge is 0.300 e. The van der Waals surface area contributed by atoms with E-state index in [1.807, 2.05) is 0 Å². The quantitative estimate of drug-likeness (QED) is 0.596. The molecule has 1 unspecified atom stereocenters. The number of Topliss-reactive ketones (excluding diaryl/α,β-unsaturated/α-hetero) is 1. The molecule has 0 bridgehead atoms. The molecular weight excluding hydrogens is 240 g/mol. The summed E-state index contributed by atoms with van der Waals surface area (Å²) < 4.78 is 0. The highest BCUT2D eigenvalue weighted by molar-refractivity contribution is 9.09. The number of ketones is 1. The molecule has 0 amide bonds. The van der Waals surface area contributed by atoms with Gasteiger partial charge in [-0.05, 0) is 12.8 Å². The lowest BCUT2D eigenvalue weighted by molar-refractivity contribution is -0.119. The lowest BCUT2D eigenvalue weighted by atomic mass is 10.0. The summed E-state index contributed by atoms with van der Waals surface area (Å²) in [6, 6.07) is 0. The zero-order valence-electron chi connectivity index (χ0n) is 8.93. The lowest BCUT2D eigenvalue weighted by Crippen LogP contribution is -2.08. The van der Waals surface area contributed by atoms with Gasteiger partial charge in [0.05, 0.1) is 0 Å². The van der Waals surface area contributed by atoms with Gasteiger partial charge >= 0.3 is 0 Å². The van der Waals surface area contributed by atoms with E-state index in [1.165, 1.54) is 44.9 Å². The van der Waals surface area contributed by atoms with Crippen molar-refractivity contribution in [1.82, 2.24) is 0 Å². The molecule has 0 aromatic heterocycles. The van der Waals surface area contributed by atoms with Gasteiger partial charge in [-0.1, -0.05) is 54.5 Å². The Hall–Kier alpha value is 0.150. The second kappa shape index (κ2) is 7.44. The summed E-state index contributed by atoms with van der Waals surface area (Å²) in [6.07, 6.45) is 11.8. The maximum Gasteiger partial charge on any atom is 0.134 e. The van der Waals surface area contributed by atoms with Gasteiger partial charge in [0.1, 0.15) is 5.78 Å². The van der Waals surface area contributed by atoms with Crippen LogP contribution >= 0.6 is 15.9 Å². The standard InChI is InChI=1S/C12H21BrO/c13-11-8-6-4-2-1-3-5-7-9-12(14)10-11/h11H,1-10H2. The summed E-state index contributed by atoms with van der Waals surface area (Å²) in [7, 11) is 0. The van der Waals surface area contributed by atoms with Crippen LogP contribution in [0.1, 0.15) is 64.2 Å². The van der Waals surface area contributed by atoms with Crippen LogP contribution in [0.3, 0.4) is 0 Å². The molecule has 1 atom stereocenters. The second-order valence-electron chi connectivity index (χ2n) is 4.35. The summed E-state index contributed by atoms with van der Waals surface area (Å²) in [5.41, 5.74) is 0. The summed E-state index contributed by atoms with van der Waals surface area (Å²) in [4.78, 5) is 11.9. The van der Waals surface area contributed by atoms with Crippen molar-refractivity contribution in [1.29, 1.82) is 0 Å². The Labute approximate surface area is 95.8 Å². The number of rotatable bonds is 0. The van der Waals surface area contributed by atoms with Crippen LogP contribution in [-0.2, 0) is 4.79 Å². The molecule has 0 radical (unpaired) electrons. The maximum atomic E-state index is 11.5. The summed E-state index contributed by atoms with van der Waals surface area (Å²) in [5.74, 6) is 0.451. The monoisotopic (exact) mass is 260 g/mol. The highest BCUT2D eigenvalue weighted by Gasteiger charge is 2.10. The maximum absolute atomic E-state index is 11.5. The average molecular weight is 261 g/mol. The van der Waals surface area contributed by atoms with Crippen molar-refractivity contribution >= 4 is 21.7 Å². The Bertz CT molecular complexity index is 168. The van der Waals surface area contributed by atoms with Crippen molar-refractivity contribution in [3.8, 4) is 0 Å². The van der Waals surface area contributed by atoms with E-state index in [4.69, 9.17) is 0 Å². The van der Waals surface area contributed by atoms with Crippen molar-refractivity contribution in [2.45, 2.75) is 69.0 Å². The van der Waals surface area contributed by atoms with Crippen molar-refractivity contribution in [3.63, 3.8) is 0 Å². The molecule has 1 nitrogen and oxygen atoms in total. The third kappa shape index (κ3) is 5.79. The summed E-state index contributed by atoms with van der Waals surface area (Å²) in [5, 5.41) is 0. The van der Waals surface area contributed by atoms with Gasteiger partial charge in [-0.25, -0.2) is 0 Å². The van der Waals surface area contributed by atoms with Gasteiger partial charge in [0.25, 0.3) is 0 Å². The molecule has 0 aliphatic heterocycles. The predicted octanol–water partition coefficient (Wildman–Crippen LogP) is 4.23. The van der Waals surface area contributed by atoms with Crippen LogP contribution in [0.25, 0.3) is 0 Å². The van der Waals surface area contributed by atoms with Crippen LogP contribution in [-0.4, -0.2) is 10.6 Å². The molecule has 0 spiro atoms. The molecule has 0 aromatic carbocycles. The van der Waals surface area contributed by atoms with Gasteiger partial charge in [-0.3, -0.25) is 4.79 Å². The van der Waals surface area contributed by atoms with Crippen LogP contribution in [0, 0.1) is 0 Å². The zero-order chi connectivity index (χ0) is 10.2. The molecule has 82 valence electrons. The molecule has 1 saturated carbocycles. The van der Waals surface area contributed by atoms with E-state index in [2.05, 4.69) is 15.9 Å². The average Bonchev–Trinajstić information content (AvgIpc) is 2.13. The highest BCUT2D eigenvalue weighted by Crippen LogP contribution is 2.19. The minimum Gasteiger partial charge on any atom is -0.300 e. The van der Waals surface area contributed by atoms with Crippen molar-refractivity contribution < 1.29 is 4.79 Å². The van der Waals surface area contributed by atoms with Crippen molar-refractivity contribution in [2.75, 3.05) is 0 Å². The van der Waals surface area contributed by atoms with Gasteiger partial charge in [-0.15, -0.1) is 0 Å². The first-order valence-electron chi connectivity index (χ1n) is 5.95. The number of alkyl halides is 1. The zero-order valence-corrected chi connectivity index (χ0v) is 10.5. The van der Waals surface area contributed by atoms with Crippen molar-refractivity contribution in [2.24, 2.45) is 0 Å². The molecule has 0 N–H and O–H groups in total. The van der Waals surface area contributed by atoms with E-state index < -0.39 is 0 Å². The SMILES string of the molecule is O=C1CCCCCCCCCC(Br)C1. The Morgan fingerprint density at radius 1 is 0.929 bits per heavy atom. The van der Waals surface area contributed by atoms with Crippen LogP contribution in [0.5, 0.6) is 0 Å². The van der Waals surface area contributed by atoms with Gasteiger partial charge < -0.3 is 0 Å². The molecule has 0 heterocycles. The number of hydrogen-bond acceptors (Lipinski definition) is 1. The van der Waals surface area contributed by atoms with Crippen molar-refractivity contribution in [3.05, 3.63) is 0 Å². The molecule has 1 rings (SSSR count). The molecule has 0 saturated heterocycles. The lowest BCUT2D eigenvalue weighted by Gasteiger charge is -2.10. The molecule has 2 heteroatoms. The smallest absolute Gasteiger partial charge is 0.134 e. The predicted molar refractivity (Wildman–Crippen MR) is 63.9 cm³/mol. The molecule has 1 aliphatic carbocycles. The molecule has 14 heavy (non-hydrogen) atoms. The van der Waals surface area contributed by atoms with Crippen LogP contribution in [0.4, 0.5) is 0 Å². The molecule has 1 aliphatic rings. The highest BCUT2D eigenvalue weighted by atomic mass is 79.9. The fourth-order valence-corrected chi connectivity index (χ4v) is 2.71. The first kappa shape index (κ1) is 12.2. The minimum absolute atomic E-state index is 0.439. The number of hydrogen-bond donors (Lipinski definition) is 0. The van der Waals surface area contributed by atoms with Gasteiger partial charge in [-0.2, -0.15) is 0 Å². The van der Waals surface area contributed by atoms with Crippen LogP contribution in [0.2, 0.25) is 0 Å². The second-order valence-corrected chi connectivity index (χ2v) is 5.65. The Kier molecular flexibility index (Phi) is 6.50. The van der Waals surface area contributed by atoms with Crippen LogP contribution < -0.4 is 0 Å². The van der Waals surface area contributed by atoms with E-state index in [1.54, 1.807) is 0 Å². The fraction of sp³-hybridized carbons (Fsp3) is 0.917. The van der Waals surface area contributed by atoms with E-state index in [0.29, 0.717) is 10.6 Å². The number of halogens is 1. The Morgan fingerprint density at radius 3 is 2.21 bits per heavy atom. The number of carbonyl (C=O) groups excluding carboxylic acids is 1. The Morgan fingerprint density at radius 2 is 1.50 bits per heavy atom. The first-order chi connectivity index (χ1) is 6.79. The fourth-order valence-electron chi connectivity index (χ4n) is 2.02. The number of carbonyl (C=O) groups is 1. The topological polar surface area (TPSA) is 17.1 Å². The van der Waals surface area contributed by atoms with E-state index in [0.717, 1.165) is 19.3 Å².